The van der Waals surface area contributed by atoms with Crippen LogP contribution in [0.25, 0.3) is 0 Å². The fourth-order valence-electron chi connectivity index (χ4n) is 1.52. The van der Waals surface area contributed by atoms with Gasteiger partial charge in [0.25, 0.3) is 0 Å². The molecule has 1 aromatic carbocycles. The summed E-state index contributed by atoms with van der Waals surface area (Å²) in [5.41, 5.74) is 6.99. The van der Waals surface area contributed by atoms with Gasteiger partial charge in [-0.25, -0.2) is 0 Å². The number of ether oxygens (including phenoxy) is 1. The van der Waals surface area contributed by atoms with E-state index in [1.165, 1.54) is 0 Å². The van der Waals surface area contributed by atoms with Crippen LogP contribution in [0.5, 0.6) is 5.75 Å². The molecule has 1 rings (SSSR count). The van der Waals surface area contributed by atoms with E-state index in [0.717, 1.165) is 28.1 Å². The van der Waals surface area contributed by atoms with Crippen LogP contribution in [-0.2, 0) is 0 Å². The molecule has 0 heterocycles. The van der Waals surface area contributed by atoms with Gasteiger partial charge in [0.1, 0.15) is 5.75 Å². The average Bonchev–Trinajstić information content (AvgIpc) is 2.12. The zero-order chi connectivity index (χ0) is 10.0. The summed E-state index contributed by atoms with van der Waals surface area (Å²) in [6.07, 6.45) is 0. The van der Waals surface area contributed by atoms with Gasteiger partial charge in [0.05, 0.1) is 12.8 Å². The quantitative estimate of drug-likeness (QED) is 0.589. The van der Waals surface area contributed by atoms with Crippen LogP contribution in [0.15, 0.2) is 6.07 Å². The summed E-state index contributed by atoms with van der Waals surface area (Å²) >= 11 is 0. The van der Waals surface area contributed by atoms with Crippen LogP contribution >= 0.6 is 12.4 Å². The van der Waals surface area contributed by atoms with Crippen LogP contribution in [0.1, 0.15) is 16.7 Å². The molecule has 0 saturated carbocycles. The molecule has 0 bridgehead atoms. The Morgan fingerprint density at radius 3 is 2.21 bits per heavy atom. The number of hydrogen-bond acceptors (Lipinski definition) is 3. The van der Waals surface area contributed by atoms with Gasteiger partial charge in [-0.3, -0.25) is 5.84 Å². The molecule has 0 aliphatic heterocycles. The monoisotopic (exact) mass is 216 g/mol. The van der Waals surface area contributed by atoms with Gasteiger partial charge in [0, 0.05) is 0 Å². The lowest BCUT2D eigenvalue weighted by molar-refractivity contribution is 0.408. The molecule has 0 amide bonds. The number of rotatable bonds is 2. The average molecular weight is 217 g/mol. The van der Waals surface area contributed by atoms with Crippen LogP contribution in [0.3, 0.4) is 0 Å². The minimum absolute atomic E-state index is 0. The lowest BCUT2D eigenvalue weighted by atomic mass is 10.0. The molecule has 0 atom stereocenters. The molecule has 80 valence electrons. The van der Waals surface area contributed by atoms with Crippen molar-refractivity contribution in [3.63, 3.8) is 0 Å². The zero-order valence-corrected chi connectivity index (χ0v) is 9.79. The third-order valence-electron chi connectivity index (χ3n) is 2.39. The van der Waals surface area contributed by atoms with Crippen LogP contribution in [0.2, 0.25) is 0 Å². The maximum absolute atomic E-state index is 5.39. The van der Waals surface area contributed by atoms with Crippen molar-refractivity contribution >= 4 is 18.1 Å². The first kappa shape index (κ1) is 13.1. The molecule has 0 aromatic heterocycles. The highest BCUT2D eigenvalue weighted by molar-refractivity contribution is 5.85. The number of anilines is 1. The number of hydrogen-bond donors (Lipinski definition) is 2. The molecule has 3 N–H and O–H groups in total. The summed E-state index contributed by atoms with van der Waals surface area (Å²) < 4.78 is 5.29. The third-order valence-corrected chi connectivity index (χ3v) is 2.39. The summed E-state index contributed by atoms with van der Waals surface area (Å²) in [6.45, 7) is 6.06. The lowest BCUT2D eigenvalue weighted by Gasteiger charge is -2.14. The van der Waals surface area contributed by atoms with E-state index in [9.17, 15) is 0 Å². The van der Waals surface area contributed by atoms with E-state index in [4.69, 9.17) is 10.6 Å². The van der Waals surface area contributed by atoms with E-state index in [1.807, 2.05) is 26.8 Å². The first-order valence-corrected chi connectivity index (χ1v) is 4.23. The number of nitrogens with two attached hydrogens (primary N) is 1. The van der Waals surface area contributed by atoms with Crippen molar-refractivity contribution in [1.29, 1.82) is 0 Å². The van der Waals surface area contributed by atoms with Gasteiger partial charge < -0.3 is 10.2 Å². The minimum Gasteiger partial charge on any atom is -0.496 e. The molecule has 0 fully saturated rings. The molecule has 1 aromatic rings. The number of benzene rings is 1. The molecule has 0 aliphatic carbocycles. The van der Waals surface area contributed by atoms with Crippen molar-refractivity contribution in [3.8, 4) is 5.75 Å². The van der Waals surface area contributed by atoms with Gasteiger partial charge in [-0.05, 0) is 43.5 Å². The van der Waals surface area contributed by atoms with Gasteiger partial charge >= 0.3 is 0 Å². The number of methoxy groups -OCH3 is 1. The molecule has 0 radical (unpaired) electrons. The molecule has 0 saturated heterocycles. The molecular weight excluding hydrogens is 200 g/mol. The molecule has 3 nitrogen and oxygen atoms in total. The Labute approximate surface area is 91.0 Å². The fourth-order valence-corrected chi connectivity index (χ4v) is 1.52. The van der Waals surface area contributed by atoms with Crippen LogP contribution in [-0.4, -0.2) is 7.11 Å². The molecule has 0 aliphatic rings. The second-order valence-corrected chi connectivity index (χ2v) is 3.17. The van der Waals surface area contributed by atoms with Gasteiger partial charge in [0.15, 0.2) is 0 Å². The van der Waals surface area contributed by atoms with Crippen molar-refractivity contribution < 1.29 is 4.74 Å². The Kier molecular flexibility index (Phi) is 4.74. The van der Waals surface area contributed by atoms with Gasteiger partial charge in [0.2, 0.25) is 0 Å². The van der Waals surface area contributed by atoms with Gasteiger partial charge in [-0.2, -0.15) is 0 Å². The maximum atomic E-state index is 5.39. The van der Waals surface area contributed by atoms with Crippen LogP contribution in [0.4, 0.5) is 5.69 Å². The number of hydrazine groups is 1. The normalized spacial score (nSPS) is 9.21. The molecule has 14 heavy (non-hydrogen) atoms. The summed E-state index contributed by atoms with van der Waals surface area (Å²) in [7, 11) is 1.68. The topological polar surface area (TPSA) is 47.3 Å². The Balaban J connectivity index is 0.00000169. The van der Waals surface area contributed by atoms with Crippen LogP contribution < -0.4 is 16.0 Å². The van der Waals surface area contributed by atoms with Crippen molar-refractivity contribution in [2.75, 3.05) is 12.5 Å². The Morgan fingerprint density at radius 1 is 1.21 bits per heavy atom. The minimum atomic E-state index is 0. The third kappa shape index (κ3) is 2.11. The maximum Gasteiger partial charge on any atom is 0.125 e. The van der Waals surface area contributed by atoms with E-state index in [2.05, 4.69) is 5.43 Å². The van der Waals surface area contributed by atoms with E-state index >= 15 is 0 Å². The fraction of sp³-hybridized carbons (Fsp3) is 0.400. The van der Waals surface area contributed by atoms with Crippen molar-refractivity contribution in [3.05, 3.63) is 22.8 Å². The highest BCUT2D eigenvalue weighted by Gasteiger charge is 2.09. The summed E-state index contributed by atoms with van der Waals surface area (Å²) in [5, 5.41) is 0. The van der Waals surface area contributed by atoms with E-state index in [-0.39, 0.29) is 12.4 Å². The zero-order valence-electron chi connectivity index (χ0n) is 8.97. The number of halogens is 1. The highest BCUT2D eigenvalue weighted by Crippen LogP contribution is 2.30. The predicted molar refractivity (Wildman–Crippen MR) is 62.3 cm³/mol. The summed E-state index contributed by atoms with van der Waals surface area (Å²) in [6, 6.07) is 1.99. The standard InChI is InChI=1S/C10H16N2O.ClH/c1-6-5-9(12-11)7(2)8(3)10(6)13-4;/h5,12H,11H2,1-4H3;1H. The Morgan fingerprint density at radius 2 is 1.79 bits per heavy atom. The molecular formula is C10H17ClN2O. The van der Waals surface area contributed by atoms with Crippen molar-refractivity contribution in [2.24, 2.45) is 5.84 Å². The van der Waals surface area contributed by atoms with Crippen LogP contribution in [0, 0.1) is 20.8 Å². The number of aryl methyl sites for hydroxylation is 1. The lowest BCUT2D eigenvalue weighted by Crippen LogP contribution is -2.09. The van der Waals surface area contributed by atoms with E-state index in [1.54, 1.807) is 7.11 Å². The van der Waals surface area contributed by atoms with Crippen molar-refractivity contribution in [1.82, 2.24) is 0 Å². The number of nitrogen functional groups attached to an aromatic ring is 1. The molecule has 4 heteroatoms. The first-order chi connectivity index (χ1) is 6.11. The summed E-state index contributed by atoms with van der Waals surface area (Å²) in [4.78, 5) is 0. The van der Waals surface area contributed by atoms with Crippen molar-refractivity contribution in [2.45, 2.75) is 20.8 Å². The smallest absolute Gasteiger partial charge is 0.125 e. The molecule has 0 spiro atoms. The highest BCUT2D eigenvalue weighted by atomic mass is 35.5. The first-order valence-electron chi connectivity index (χ1n) is 4.23. The largest absolute Gasteiger partial charge is 0.496 e. The predicted octanol–water partition coefficient (Wildman–Crippen LogP) is 2.33. The summed E-state index contributed by atoms with van der Waals surface area (Å²) in [5.74, 6) is 6.33. The Bertz CT molecular complexity index is 326. The van der Waals surface area contributed by atoms with Gasteiger partial charge in [-0.1, -0.05) is 0 Å². The van der Waals surface area contributed by atoms with E-state index in [0.29, 0.717) is 0 Å². The van der Waals surface area contributed by atoms with Gasteiger partial charge in [-0.15, -0.1) is 12.4 Å². The second-order valence-electron chi connectivity index (χ2n) is 3.17. The SMILES string of the molecule is COc1c(C)cc(NN)c(C)c1C.Cl. The molecule has 0 unspecified atom stereocenters. The Hall–Kier alpha value is -0.930. The number of nitrogens with one attached hydrogen (secondary N) is 1. The second kappa shape index (κ2) is 5.08. The van der Waals surface area contributed by atoms with E-state index < -0.39 is 0 Å².